The summed E-state index contributed by atoms with van der Waals surface area (Å²) in [4.78, 5) is 14.1. The van der Waals surface area contributed by atoms with E-state index in [-0.39, 0.29) is 10.1 Å². The minimum absolute atomic E-state index is 0.0651. The van der Waals surface area contributed by atoms with Gasteiger partial charge in [0.25, 0.3) is 5.69 Å². The van der Waals surface area contributed by atoms with Crippen LogP contribution in [0.4, 0.5) is 18.9 Å². The fraction of sp³-hybridized carbons (Fsp3) is 0.273. The largest absolute Gasteiger partial charge is 0.418 e. The molecule has 1 heterocycles. The van der Waals surface area contributed by atoms with E-state index in [1.54, 1.807) is 0 Å². The Morgan fingerprint density at radius 1 is 1.45 bits per heavy atom. The Hall–Kier alpha value is -1.81. The predicted octanol–water partition coefficient (Wildman–Crippen LogP) is 4.10. The summed E-state index contributed by atoms with van der Waals surface area (Å²) in [5.74, 6) is 0.558. The maximum absolute atomic E-state index is 12.8. The van der Waals surface area contributed by atoms with Gasteiger partial charge in [0, 0.05) is 12.5 Å². The van der Waals surface area contributed by atoms with Gasteiger partial charge in [-0.3, -0.25) is 15.2 Å². The Labute approximate surface area is 131 Å². The SMILES string of the molecule is CCc1nc(Sc2cc(Cl)c(C(F)(F)F)cc2[N+](=O)[O-])n[nH]1. The Morgan fingerprint density at radius 2 is 2.14 bits per heavy atom. The number of nitrogens with zero attached hydrogens (tertiary/aromatic N) is 3. The van der Waals surface area contributed by atoms with Crippen LogP contribution in [0.15, 0.2) is 22.2 Å². The number of rotatable bonds is 4. The number of H-pyrrole nitrogens is 1. The average molecular weight is 353 g/mol. The first kappa shape index (κ1) is 16.6. The van der Waals surface area contributed by atoms with Crippen LogP contribution in [-0.2, 0) is 12.6 Å². The first-order valence-corrected chi connectivity index (χ1v) is 7.06. The molecule has 1 N–H and O–H groups in total. The van der Waals surface area contributed by atoms with E-state index >= 15 is 0 Å². The molecule has 0 saturated heterocycles. The van der Waals surface area contributed by atoms with Crippen LogP contribution in [-0.4, -0.2) is 20.1 Å². The highest BCUT2D eigenvalue weighted by molar-refractivity contribution is 7.99. The summed E-state index contributed by atoms with van der Waals surface area (Å²) < 4.78 is 38.3. The molecule has 0 amide bonds. The number of alkyl halides is 3. The minimum atomic E-state index is -4.77. The highest BCUT2D eigenvalue weighted by atomic mass is 35.5. The maximum Gasteiger partial charge on any atom is 0.418 e. The molecule has 0 aliphatic heterocycles. The van der Waals surface area contributed by atoms with Gasteiger partial charge in [-0.1, -0.05) is 18.5 Å². The monoisotopic (exact) mass is 352 g/mol. The number of aryl methyl sites for hydroxylation is 1. The van der Waals surface area contributed by atoms with Crippen LogP contribution in [0.2, 0.25) is 5.02 Å². The van der Waals surface area contributed by atoms with Gasteiger partial charge in [-0.25, -0.2) is 4.98 Å². The molecule has 0 saturated carbocycles. The lowest BCUT2D eigenvalue weighted by atomic mass is 10.2. The van der Waals surface area contributed by atoms with E-state index in [9.17, 15) is 23.3 Å². The van der Waals surface area contributed by atoms with Crippen LogP contribution in [0, 0.1) is 10.1 Å². The van der Waals surface area contributed by atoms with Crippen LogP contribution in [0.25, 0.3) is 0 Å². The van der Waals surface area contributed by atoms with Crippen molar-refractivity contribution >= 4 is 29.1 Å². The number of aromatic amines is 1. The highest BCUT2D eigenvalue weighted by Gasteiger charge is 2.36. The quantitative estimate of drug-likeness (QED) is 0.661. The van der Waals surface area contributed by atoms with Crippen LogP contribution >= 0.6 is 23.4 Å². The molecule has 1 aromatic heterocycles. The molecule has 0 fully saturated rings. The molecule has 0 bridgehead atoms. The van der Waals surface area contributed by atoms with Gasteiger partial charge in [-0.05, 0) is 17.8 Å². The van der Waals surface area contributed by atoms with Gasteiger partial charge in [-0.2, -0.15) is 13.2 Å². The number of hydrogen-bond donors (Lipinski definition) is 1. The molecule has 2 aromatic rings. The predicted molar refractivity (Wildman–Crippen MR) is 73.0 cm³/mol. The van der Waals surface area contributed by atoms with Crippen molar-refractivity contribution in [3.8, 4) is 0 Å². The van der Waals surface area contributed by atoms with E-state index in [0.717, 1.165) is 17.8 Å². The number of nitrogens with one attached hydrogen (secondary N) is 1. The lowest BCUT2D eigenvalue weighted by molar-refractivity contribution is -0.388. The molecule has 0 atom stereocenters. The summed E-state index contributed by atoms with van der Waals surface area (Å²) in [7, 11) is 0. The molecule has 0 spiro atoms. The first-order valence-electron chi connectivity index (χ1n) is 5.86. The lowest BCUT2D eigenvalue weighted by Crippen LogP contribution is -2.07. The molecule has 11 heteroatoms. The molecule has 6 nitrogen and oxygen atoms in total. The van der Waals surface area contributed by atoms with Crippen molar-refractivity contribution in [2.45, 2.75) is 29.6 Å². The molecule has 1 aromatic carbocycles. The number of aromatic nitrogens is 3. The Kier molecular flexibility index (Phi) is 4.61. The van der Waals surface area contributed by atoms with Crippen LogP contribution in [0.3, 0.4) is 0 Å². The van der Waals surface area contributed by atoms with Gasteiger partial charge in [0.2, 0.25) is 5.16 Å². The van der Waals surface area contributed by atoms with Crippen molar-refractivity contribution < 1.29 is 18.1 Å². The summed E-state index contributed by atoms with van der Waals surface area (Å²) in [5.41, 5.74) is -1.96. The third-order valence-electron chi connectivity index (χ3n) is 2.60. The number of halogens is 4. The van der Waals surface area contributed by atoms with E-state index in [1.807, 2.05) is 6.92 Å². The van der Waals surface area contributed by atoms with Gasteiger partial charge in [0.1, 0.15) is 5.82 Å². The van der Waals surface area contributed by atoms with Crippen LogP contribution in [0.5, 0.6) is 0 Å². The molecule has 118 valence electrons. The summed E-state index contributed by atoms with van der Waals surface area (Å²) in [6, 6.07) is 1.31. The summed E-state index contributed by atoms with van der Waals surface area (Å²) in [6.45, 7) is 1.83. The molecule has 0 aliphatic carbocycles. The van der Waals surface area contributed by atoms with E-state index in [1.165, 1.54) is 0 Å². The van der Waals surface area contributed by atoms with Crippen LogP contribution < -0.4 is 0 Å². The number of nitro groups is 1. The molecular formula is C11H8ClF3N4O2S. The fourth-order valence-electron chi connectivity index (χ4n) is 1.57. The second-order valence-corrected chi connectivity index (χ2v) is 5.49. The average Bonchev–Trinajstić information content (AvgIpc) is 2.84. The molecule has 0 radical (unpaired) electrons. The smallest absolute Gasteiger partial charge is 0.262 e. The second kappa shape index (κ2) is 6.13. The van der Waals surface area contributed by atoms with E-state index in [2.05, 4.69) is 15.2 Å². The summed E-state index contributed by atoms with van der Waals surface area (Å²) in [5, 5.41) is 17.0. The van der Waals surface area contributed by atoms with Crippen molar-refractivity contribution in [1.82, 2.24) is 15.2 Å². The van der Waals surface area contributed by atoms with Crippen LogP contribution in [0.1, 0.15) is 18.3 Å². The van der Waals surface area contributed by atoms with E-state index in [4.69, 9.17) is 11.6 Å². The topological polar surface area (TPSA) is 84.7 Å². The number of benzene rings is 1. The minimum Gasteiger partial charge on any atom is -0.262 e. The van der Waals surface area contributed by atoms with Gasteiger partial charge < -0.3 is 0 Å². The zero-order chi connectivity index (χ0) is 16.5. The fourth-order valence-corrected chi connectivity index (χ4v) is 2.76. The van der Waals surface area contributed by atoms with Gasteiger partial charge in [0.05, 0.1) is 20.4 Å². The van der Waals surface area contributed by atoms with Crippen molar-refractivity contribution in [2.75, 3.05) is 0 Å². The van der Waals surface area contributed by atoms with Crippen molar-refractivity contribution in [2.24, 2.45) is 0 Å². The molecular weight excluding hydrogens is 345 g/mol. The molecule has 0 aliphatic rings. The summed E-state index contributed by atoms with van der Waals surface area (Å²) in [6.07, 6.45) is -4.20. The Bertz CT molecular complexity index is 720. The highest BCUT2D eigenvalue weighted by Crippen LogP contribution is 2.42. The normalized spacial score (nSPS) is 11.7. The Morgan fingerprint density at radius 3 is 2.64 bits per heavy atom. The second-order valence-electron chi connectivity index (χ2n) is 4.07. The zero-order valence-electron chi connectivity index (χ0n) is 10.9. The lowest BCUT2D eigenvalue weighted by Gasteiger charge is -2.10. The standard InChI is InChI=1S/C11H8ClF3N4O2S/c1-2-9-16-10(18-17-9)22-8-4-6(12)5(11(13,14)15)3-7(8)19(20)21/h3-4H,2H2,1H3,(H,16,17,18). The van der Waals surface area contributed by atoms with Crippen molar-refractivity contribution in [3.63, 3.8) is 0 Å². The number of nitro benzene ring substituents is 1. The summed E-state index contributed by atoms with van der Waals surface area (Å²) >= 11 is 6.35. The maximum atomic E-state index is 12.8. The molecule has 2 rings (SSSR count). The van der Waals surface area contributed by atoms with E-state index in [0.29, 0.717) is 18.3 Å². The van der Waals surface area contributed by atoms with Gasteiger partial charge >= 0.3 is 6.18 Å². The van der Waals surface area contributed by atoms with E-state index < -0.39 is 27.4 Å². The third-order valence-corrected chi connectivity index (χ3v) is 3.82. The zero-order valence-corrected chi connectivity index (χ0v) is 12.5. The first-order chi connectivity index (χ1) is 10.2. The van der Waals surface area contributed by atoms with Gasteiger partial charge in [-0.15, -0.1) is 5.10 Å². The molecule has 22 heavy (non-hydrogen) atoms. The van der Waals surface area contributed by atoms with Crippen molar-refractivity contribution in [1.29, 1.82) is 0 Å². The van der Waals surface area contributed by atoms with Crippen molar-refractivity contribution in [3.05, 3.63) is 38.7 Å². The molecule has 0 unspecified atom stereocenters. The van der Waals surface area contributed by atoms with Gasteiger partial charge in [0.15, 0.2) is 0 Å². The number of hydrogen-bond acceptors (Lipinski definition) is 5. The Balaban J connectivity index is 2.46. The third kappa shape index (κ3) is 3.50.